The maximum atomic E-state index is 12.0. The van der Waals surface area contributed by atoms with E-state index in [9.17, 15) is 4.79 Å². The lowest BCUT2D eigenvalue weighted by Crippen LogP contribution is -2.07. The Bertz CT molecular complexity index is 788. The first kappa shape index (κ1) is 18.2. The first-order valence-corrected chi connectivity index (χ1v) is 8.48. The van der Waals surface area contributed by atoms with Crippen molar-refractivity contribution >= 4 is 17.6 Å². The van der Waals surface area contributed by atoms with Gasteiger partial charge in [0.05, 0.1) is 26.4 Å². The highest BCUT2D eigenvalue weighted by atomic mass is 35.5. The van der Waals surface area contributed by atoms with Crippen LogP contribution in [0, 0.1) is 0 Å². The van der Waals surface area contributed by atoms with Gasteiger partial charge in [0, 0.05) is 10.6 Å². The fraction of sp³-hybridized carbons (Fsp3) is 0.316. The molecule has 0 saturated carbocycles. The van der Waals surface area contributed by atoms with Crippen molar-refractivity contribution in [1.82, 2.24) is 0 Å². The summed E-state index contributed by atoms with van der Waals surface area (Å²) in [5, 5.41) is 0.574. The van der Waals surface area contributed by atoms with Gasteiger partial charge in [0.25, 0.3) is 0 Å². The summed E-state index contributed by atoms with van der Waals surface area (Å²) in [5.41, 5.74) is 1.37. The molecule has 138 valence electrons. The number of hydrogen-bond acceptors (Lipinski definition) is 6. The van der Waals surface area contributed by atoms with Gasteiger partial charge in [0.15, 0.2) is 11.5 Å². The number of methoxy groups -OCH3 is 2. The average Bonchev–Trinajstić information content (AvgIpc) is 3.12. The molecule has 0 fully saturated rings. The number of esters is 1. The molecule has 0 saturated heterocycles. The van der Waals surface area contributed by atoms with Crippen LogP contribution >= 0.6 is 11.6 Å². The summed E-state index contributed by atoms with van der Waals surface area (Å²) in [6, 6.07) is 8.45. The molecule has 2 aromatic carbocycles. The van der Waals surface area contributed by atoms with Crippen LogP contribution in [0.15, 0.2) is 30.3 Å². The lowest BCUT2D eigenvalue weighted by atomic mass is 10.1. The zero-order valence-corrected chi connectivity index (χ0v) is 15.3. The van der Waals surface area contributed by atoms with Gasteiger partial charge in [-0.1, -0.05) is 11.6 Å². The van der Waals surface area contributed by atoms with Gasteiger partial charge in [-0.15, -0.1) is 0 Å². The van der Waals surface area contributed by atoms with Crippen molar-refractivity contribution in [3.8, 4) is 23.0 Å². The van der Waals surface area contributed by atoms with Crippen LogP contribution < -0.4 is 18.9 Å². The Hall–Kier alpha value is -2.60. The number of aryl methyl sites for hydroxylation is 1. The molecule has 2 aromatic rings. The van der Waals surface area contributed by atoms with E-state index >= 15 is 0 Å². The fourth-order valence-corrected chi connectivity index (χ4v) is 2.86. The van der Waals surface area contributed by atoms with Crippen molar-refractivity contribution in [3.63, 3.8) is 0 Å². The predicted octanol–water partition coefficient (Wildman–Crippen LogP) is 3.88. The molecule has 1 aliphatic heterocycles. The Morgan fingerprint density at radius 1 is 1.12 bits per heavy atom. The van der Waals surface area contributed by atoms with Crippen molar-refractivity contribution in [3.05, 3.63) is 46.5 Å². The standard InChI is InChI=1S/C19H19ClO6/c1-22-16-13(10-15-17(18(16)23-2)26-11-25-15)4-3-9-24-19(21)12-5-7-14(20)8-6-12/h5-8,10H,3-4,9,11H2,1-2H3. The average molecular weight is 379 g/mol. The predicted molar refractivity (Wildman–Crippen MR) is 95.7 cm³/mol. The van der Waals surface area contributed by atoms with Crippen molar-refractivity contribution in [2.24, 2.45) is 0 Å². The Morgan fingerprint density at radius 3 is 2.54 bits per heavy atom. The summed E-state index contributed by atoms with van der Waals surface area (Å²) in [7, 11) is 3.13. The number of carbonyl (C=O) groups is 1. The Balaban J connectivity index is 1.61. The molecule has 3 rings (SSSR count). The normalized spacial score (nSPS) is 12.0. The Labute approximate surface area is 156 Å². The third-order valence-corrected chi connectivity index (χ3v) is 4.21. The van der Waals surface area contributed by atoms with Gasteiger partial charge in [-0.2, -0.15) is 0 Å². The van der Waals surface area contributed by atoms with Crippen LogP contribution in [0.25, 0.3) is 0 Å². The third-order valence-electron chi connectivity index (χ3n) is 3.96. The molecule has 0 aromatic heterocycles. The SMILES string of the molecule is COc1c(CCCOC(=O)c2ccc(Cl)cc2)cc2c(c1OC)OCO2. The van der Waals surface area contributed by atoms with E-state index in [1.807, 2.05) is 6.07 Å². The molecule has 1 heterocycles. The number of halogens is 1. The van der Waals surface area contributed by atoms with Gasteiger partial charge in [-0.3, -0.25) is 0 Å². The molecule has 26 heavy (non-hydrogen) atoms. The molecule has 6 nitrogen and oxygen atoms in total. The first-order chi connectivity index (χ1) is 12.6. The largest absolute Gasteiger partial charge is 0.492 e. The second-order valence-electron chi connectivity index (χ2n) is 5.58. The zero-order chi connectivity index (χ0) is 18.5. The minimum Gasteiger partial charge on any atom is -0.492 e. The van der Waals surface area contributed by atoms with Gasteiger partial charge in [-0.25, -0.2) is 4.79 Å². The van der Waals surface area contributed by atoms with Gasteiger partial charge in [0.1, 0.15) is 0 Å². The molecule has 7 heteroatoms. The van der Waals surface area contributed by atoms with E-state index in [1.165, 1.54) is 0 Å². The van der Waals surface area contributed by atoms with Gasteiger partial charge < -0.3 is 23.7 Å². The molecule has 0 N–H and O–H groups in total. The van der Waals surface area contributed by atoms with Gasteiger partial charge in [0.2, 0.25) is 18.3 Å². The van der Waals surface area contributed by atoms with Crippen molar-refractivity contribution in [2.45, 2.75) is 12.8 Å². The molecule has 0 unspecified atom stereocenters. The van der Waals surface area contributed by atoms with Crippen molar-refractivity contribution in [2.75, 3.05) is 27.6 Å². The summed E-state index contributed by atoms with van der Waals surface area (Å²) >= 11 is 5.81. The highest BCUT2D eigenvalue weighted by Gasteiger charge is 2.25. The van der Waals surface area contributed by atoms with Crippen LogP contribution in [-0.4, -0.2) is 33.6 Å². The molecular weight excluding hydrogens is 360 g/mol. The van der Waals surface area contributed by atoms with Crippen molar-refractivity contribution in [1.29, 1.82) is 0 Å². The molecule has 0 aliphatic carbocycles. The van der Waals surface area contributed by atoms with Crippen LogP contribution in [0.1, 0.15) is 22.3 Å². The maximum Gasteiger partial charge on any atom is 0.338 e. The lowest BCUT2D eigenvalue weighted by molar-refractivity contribution is 0.0500. The van der Waals surface area contributed by atoms with Crippen molar-refractivity contribution < 1.29 is 28.5 Å². The number of rotatable bonds is 7. The highest BCUT2D eigenvalue weighted by molar-refractivity contribution is 6.30. The molecule has 1 aliphatic rings. The summed E-state index contributed by atoms with van der Waals surface area (Å²) in [6.07, 6.45) is 1.25. The van der Waals surface area contributed by atoms with Gasteiger partial charge in [-0.05, 0) is 43.2 Å². The number of carbonyl (C=O) groups excluding carboxylic acids is 1. The van der Waals surface area contributed by atoms with E-state index in [2.05, 4.69) is 0 Å². The molecule has 0 atom stereocenters. The molecule has 0 amide bonds. The minimum absolute atomic E-state index is 0.150. The summed E-state index contributed by atoms with van der Waals surface area (Å²) in [4.78, 5) is 12.0. The van der Waals surface area contributed by atoms with E-state index in [1.54, 1.807) is 38.5 Å². The lowest BCUT2D eigenvalue weighted by Gasteiger charge is -2.15. The second-order valence-corrected chi connectivity index (χ2v) is 6.02. The van der Waals surface area contributed by atoms with E-state index in [-0.39, 0.29) is 19.4 Å². The number of hydrogen-bond donors (Lipinski definition) is 0. The number of ether oxygens (including phenoxy) is 5. The summed E-state index contributed by atoms with van der Waals surface area (Å²) in [5.74, 6) is 1.89. The zero-order valence-electron chi connectivity index (χ0n) is 14.5. The Morgan fingerprint density at radius 2 is 1.85 bits per heavy atom. The van der Waals surface area contributed by atoms with E-state index in [0.29, 0.717) is 46.4 Å². The highest BCUT2D eigenvalue weighted by Crippen LogP contribution is 2.49. The molecule has 0 bridgehead atoms. The van der Waals surface area contributed by atoms with Crippen LogP contribution in [0.2, 0.25) is 5.02 Å². The molecule has 0 spiro atoms. The fourth-order valence-electron chi connectivity index (χ4n) is 2.74. The second kappa shape index (κ2) is 8.19. The van der Waals surface area contributed by atoms with Crippen LogP contribution in [-0.2, 0) is 11.2 Å². The van der Waals surface area contributed by atoms with E-state index < -0.39 is 0 Å². The van der Waals surface area contributed by atoms with E-state index in [0.717, 1.165) is 5.56 Å². The monoisotopic (exact) mass is 378 g/mol. The quantitative estimate of drug-likeness (QED) is 0.538. The maximum absolute atomic E-state index is 12.0. The number of benzene rings is 2. The first-order valence-electron chi connectivity index (χ1n) is 8.10. The molecular formula is C19H19ClO6. The minimum atomic E-state index is -0.378. The smallest absolute Gasteiger partial charge is 0.338 e. The van der Waals surface area contributed by atoms with Crippen LogP contribution in [0.4, 0.5) is 0 Å². The van der Waals surface area contributed by atoms with Crippen LogP contribution in [0.5, 0.6) is 23.0 Å². The summed E-state index contributed by atoms with van der Waals surface area (Å²) < 4.78 is 27.0. The summed E-state index contributed by atoms with van der Waals surface area (Å²) in [6.45, 7) is 0.429. The van der Waals surface area contributed by atoms with E-state index in [4.69, 9.17) is 35.3 Å². The third kappa shape index (κ3) is 3.80. The topological polar surface area (TPSA) is 63.2 Å². The van der Waals surface area contributed by atoms with Crippen LogP contribution in [0.3, 0.4) is 0 Å². The molecule has 0 radical (unpaired) electrons. The number of fused-ring (bicyclic) bond motifs is 1. The van der Waals surface area contributed by atoms with Gasteiger partial charge >= 0.3 is 5.97 Å². The Kier molecular flexibility index (Phi) is 5.73.